The van der Waals surface area contributed by atoms with Gasteiger partial charge in [0.1, 0.15) is 0 Å². The zero-order chi connectivity index (χ0) is 17.9. The molecule has 7 nitrogen and oxygen atoms in total. The summed E-state index contributed by atoms with van der Waals surface area (Å²) in [6.45, 7) is 2.66. The Labute approximate surface area is 147 Å². The number of carbonyl (C=O) groups excluding carboxylic acids is 1. The number of pyridine rings is 1. The molecule has 0 spiro atoms. The Kier molecular flexibility index (Phi) is 5.00. The minimum Gasteiger partial charge on any atom is -0.308 e. The molecule has 1 amide bonds. The van der Waals surface area contributed by atoms with Gasteiger partial charge in [-0.05, 0) is 48.7 Å². The maximum atomic E-state index is 12.7. The van der Waals surface area contributed by atoms with Crippen LogP contribution in [0.3, 0.4) is 0 Å². The number of carbonyl (C=O) groups is 1. The van der Waals surface area contributed by atoms with Crippen LogP contribution in [0.2, 0.25) is 0 Å². The van der Waals surface area contributed by atoms with Crippen LogP contribution in [0.5, 0.6) is 0 Å². The molecule has 0 saturated heterocycles. The van der Waals surface area contributed by atoms with E-state index >= 15 is 0 Å². The summed E-state index contributed by atoms with van der Waals surface area (Å²) in [5.74, 6) is -0.102. The molecule has 3 rings (SSSR count). The fourth-order valence-corrected chi connectivity index (χ4v) is 3.79. The van der Waals surface area contributed by atoms with Crippen LogP contribution >= 0.6 is 0 Å². The molecule has 0 atom stereocenters. The SMILES string of the molecule is CCNS(=O)(=O)Nc1ccc2c(c1)CCCN2C(=O)c1cccnc1. The second-order valence-electron chi connectivity index (χ2n) is 5.75. The zero-order valence-corrected chi connectivity index (χ0v) is 14.7. The van der Waals surface area contributed by atoms with Crippen molar-refractivity contribution in [1.82, 2.24) is 9.71 Å². The fraction of sp³-hybridized carbons (Fsp3) is 0.294. The van der Waals surface area contributed by atoms with Gasteiger partial charge in [-0.15, -0.1) is 0 Å². The highest BCUT2D eigenvalue weighted by Gasteiger charge is 2.24. The first-order valence-corrected chi connectivity index (χ1v) is 9.60. The lowest BCUT2D eigenvalue weighted by molar-refractivity contribution is 0.0984. The molecule has 0 radical (unpaired) electrons. The maximum Gasteiger partial charge on any atom is 0.299 e. The lowest BCUT2D eigenvalue weighted by atomic mass is 10.0. The van der Waals surface area contributed by atoms with Crippen molar-refractivity contribution in [3.05, 3.63) is 53.9 Å². The molecule has 1 aliphatic rings. The van der Waals surface area contributed by atoms with E-state index in [2.05, 4.69) is 14.4 Å². The van der Waals surface area contributed by atoms with Crippen LogP contribution in [-0.4, -0.2) is 32.4 Å². The van der Waals surface area contributed by atoms with Crippen molar-refractivity contribution >= 4 is 27.5 Å². The zero-order valence-electron chi connectivity index (χ0n) is 13.9. The predicted octanol–water partition coefficient (Wildman–Crippen LogP) is 1.94. The van der Waals surface area contributed by atoms with Crippen molar-refractivity contribution in [2.45, 2.75) is 19.8 Å². The van der Waals surface area contributed by atoms with Crippen molar-refractivity contribution < 1.29 is 13.2 Å². The van der Waals surface area contributed by atoms with Gasteiger partial charge < -0.3 is 4.90 Å². The number of aromatic nitrogens is 1. The fourth-order valence-electron chi connectivity index (χ4n) is 2.90. The lowest BCUT2D eigenvalue weighted by Crippen LogP contribution is -2.35. The smallest absolute Gasteiger partial charge is 0.299 e. The Bertz CT molecular complexity index is 869. The molecule has 8 heteroatoms. The summed E-state index contributed by atoms with van der Waals surface area (Å²) in [5.41, 5.74) is 2.77. The number of rotatable bonds is 5. The average Bonchev–Trinajstić information content (AvgIpc) is 2.60. The minimum atomic E-state index is -3.57. The van der Waals surface area contributed by atoms with Gasteiger partial charge in [0.05, 0.1) is 11.3 Å². The number of nitrogens with zero attached hydrogens (tertiary/aromatic N) is 2. The molecule has 1 aliphatic heterocycles. The van der Waals surface area contributed by atoms with E-state index in [1.807, 2.05) is 0 Å². The molecular weight excluding hydrogens is 340 g/mol. The van der Waals surface area contributed by atoms with Gasteiger partial charge in [0.15, 0.2) is 0 Å². The van der Waals surface area contributed by atoms with Crippen LogP contribution in [0.4, 0.5) is 11.4 Å². The van der Waals surface area contributed by atoms with Gasteiger partial charge in [0, 0.05) is 31.2 Å². The normalized spacial score (nSPS) is 14.0. The summed E-state index contributed by atoms with van der Waals surface area (Å²) in [4.78, 5) is 18.4. The Morgan fingerprint density at radius 1 is 1.32 bits per heavy atom. The number of nitrogens with one attached hydrogen (secondary N) is 2. The Morgan fingerprint density at radius 2 is 2.16 bits per heavy atom. The monoisotopic (exact) mass is 360 g/mol. The molecule has 2 N–H and O–H groups in total. The van der Waals surface area contributed by atoms with Gasteiger partial charge in [-0.3, -0.25) is 14.5 Å². The number of aryl methyl sites for hydroxylation is 1. The number of amides is 1. The largest absolute Gasteiger partial charge is 0.308 e. The van der Waals surface area contributed by atoms with Crippen molar-refractivity contribution in [3.8, 4) is 0 Å². The second kappa shape index (κ2) is 7.20. The minimum absolute atomic E-state index is 0.102. The van der Waals surface area contributed by atoms with Crippen LogP contribution in [0, 0.1) is 0 Å². The second-order valence-corrected chi connectivity index (χ2v) is 7.25. The predicted molar refractivity (Wildman–Crippen MR) is 96.9 cm³/mol. The number of anilines is 2. The molecule has 132 valence electrons. The van der Waals surface area contributed by atoms with E-state index in [1.165, 1.54) is 0 Å². The Balaban J connectivity index is 1.87. The highest BCUT2D eigenvalue weighted by atomic mass is 32.2. The highest BCUT2D eigenvalue weighted by molar-refractivity contribution is 7.90. The topological polar surface area (TPSA) is 91.4 Å². The van der Waals surface area contributed by atoms with Crippen LogP contribution in [0.1, 0.15) is 29.3 Å². The van der Waals surface area contributed by atoms with Crippen LogP contribution in [-0.2, 0) is 16.6 Å². The van der Waals surface area contributed by atoms with E-state index in [0.29, 0.717) is 24.3 Å². The van der Waals surface area contributed by atoms with E-state index in [4.69, 9.17) is 0 Å². The first-order chi connectivity index (χ1) is 12.0. The Morgan fingerprint density at radius 3 is 2.88 bits per heavy atom. The van der Waals surface area contributed by atoms with Crippen LogP contribution < -0.4 is 14.3 Å². The van der Waals surface area contributed by atoms with Gasteiger partial charge in [0.25, 0.3) is 16.1 Å². The first kappa shape index (κ1) is 17.4. The van der Waals surface area contributed by atoms with E-state index in [-0.39, 0.29) is 5.91 Å². The van der Waals surface area contributed by atoms with Gasteiger partial charge in [0.2, 0.25) is 0 Å². The van der Waals surface area contributed by atoms with E-state index in [9.17, 15) is 13.2 Å². The van der Waals surface area contributed by atoms with Crippen molar-refractivity contribution in [2.75, 3.05) is 22.7 Å². The third-order valence-electron chi connectivity index (χ3n) is 3.94. The van der Waals surface area contributed by atoms with Crippen molar-refractivity contribution in [2.24, 2.45) is 0 Å². The number of hydrogen-bond acceptors (Lipinski definition) is 4. The van der Waals surface area contributed by atoms with Gasteiger partial charge in [-0.1, -0.05) is 6.92 Å². The summed E-state index contributed by atoms with van der Waals surface area (Å²) >= 11 is 0. The lowest BCUT2D eigenvalue weighted by Gasteiger charge is -2.30. The molecule has 1 aromatic carbocycles. The van der Waals surface area contributed by atoms with Gasteiger partial charge >= 0.3 is 0 Å². The summed E-state index contributed by atoms with van der Waals surface area (Å²) in [6, 6.07) is 8.71. The van der Waals surface area contributed by atoms with Gasteiger partial charge in [-0.2, -0.15) is 13.1 Å². The van der Waals surface area contributed by atoms with Crippen LogP contribution in [0.15, 0.2) is 42.7 Å². The molecular formula is C17H20N4O3S. The molecule has 0 unspecified atom stereocenters. The molecule has 1 aromatic heterocycles. The van der Waals surface area contributed by atoms with E-state index < -0.39 is 10.2 Å². The quantitative estimate of drug-likeness (QED) is 0.852. The maximum absolute atomic E-state index is 12.7. The summed E-state index contributed by atoms with van der Waals surface area (Å²) in [5, 5.41) is 0. The summed E-state index contributed by atoms with van der Waals surface area (Å²) in [7, 11) is -3.57. The number of benzene rings is 1. The number of hydrogen-bond donors (Lipinski definition) is 2. The van der Waals surface area contributed by atoms with E-state index in [1.54, 1.807) is 54.5 Å². The molecule has 25 heavy (non-hydrogen) atoms. The van der Waals surface area contributed by atoms with Crippen LogP contribution in [0.25, 0.3) is 0 Å². The summed E-state index contributed by atoms with van der Waals surface area (Å²) < 4.78 is 28.5. The van der Waals surface area contributed by atoms with Gasteiger partial charge in [-0.25, -0.2) is 0 Å². The molecule has 0 fully saturated rings. The molecule has 2 aromatic rings. The molecule has 0 bridgehead atoms. The van der Waals surface area contributed by atoms with Crippen molar-refractivity contribution in [1.29, 1.82) is 0 Å². The van der Waals surface area contributed by atoms with Crippen molar-refractivity contribution in [3.63, 3.8) is 0 Å². The summed E-state index contributed by atoms with van der Waals surface area (Å²) in [6.07, 6.45) is 4.80. The third-order valence-corrected chi connectivity index (χ3v) is 5.11. The molecule has 2 heterocycles. The van der Waals surface area contributed by atoms with E-state index in [0.717, 1.165) is 24.1 Å². The molecule has 0 saturated carbocycles. The highest BCUT2D eigenvalue weighted by Crippen LogP contribution is 2.31. The standard InChI is InChI=1S/C17H20N4O3S/c1-2-19-25(23,24)20-15-7-8-16-13(11-15)6-4-10-21(16)17(22)14-5-3-9-18-12-14/h3,5,7-9,11-12,19-20H,2,4,6,10H2,1H3. The molecule has 0 aliphatic carbocycles. The average molecular weight is 360 g/mol. The Hall–Kier alpha value is -2.45. The third kappa shape index (κ3) is 3.97. The number of fused-ring (bicyclic) bond motifs is 1. The first-order valence-electron chi connectivity index (χ1n) is 8.12.